The van der Waals surface area contributed by atoms with E-state index in [1.165, 1.54) is 0 Å². The highest BCUT2D eigenvalue weighted by molar-refractivity contribution is 5.92. The van der Waals surface area contributed by atoms with Crippen LogP contribution in [0, 0.1) is 12.3 Å². The molecule has 1 aromatic rings. The molecule has 3 N–H and O–H groups in total. The molecule has 0 saturated carbocycles. The van der Waals surface area contributed by atoms with Gasteiger partial charge in [-0.1, -0.05) is 18.1 Å². The summed E-state index contributed by atoms with van der Waals surface area (Å²) < 4.78 is 5.95. The first-order valence-corrected chi connectivity index (χ1v) is 6.40. The second-order valence-electron chi connectivity index (χ2n) is 4.65. The van der Waals surface area contributed by atoms with Crippen LogP contribution in [-0.2, 0) is 4.74 Å². The van der Waals surface area contributed by atoms with Crippen molar-refractivity contribution in [3.63, 3.8) is 0 Å². The Kier molecular flexibility index (Phi) is 4.56. The first kappa shape index (κ1) is 13.6. The lowest BCUT2D eigenvalue weighted by Crippen LogP contribution is -2.26. The van der Waals surface area contributed by atoms with Gasteiger partial charge in [-0.25, -0.2) is 0 Å². The van der Waals surface area contributed by atoms with Crippen molar-refractivity contribution in [2.24, 2.45) is 5.73 Å². The van der Waals surface area contributed by atoms with Gasteiger partial charge < -0.3 is 15.8 Å². The van der Waals surface area contributed by atoms with E-state index in [-0.39, 0.29) is 12.2 Å². The molecule has 1 aromatic carbocycles. The molecule has 0 radical (unpaired) electrons. The van der Waals surface area contributed by atoms with Gasteiger partial charge >= 0.3 is 0 Å². The Balaban J connectivity index is 1.95. The van der Waals surface area contributed by atoms with Gasteiger partial charge in [0, 0.05) is 12.1 Å². The minimum absolute atomic E-state index is 0.0388. The van der Waals surface area contributed by atoms with Gasteiger partial charge in [0.15, 0.2) is 0 Å². The quantitative estimate of drug-likeness (QED) is 0.616. The minimum Gasteiger partial charge on any atom is -0.369 e. The van der Waals surface area contributed by atoms with Crippen LogP contribution in [0.2, 0.25) is 0 Å². The van der Waals surface area contributed by atoms with Gasteiger partial charge in [0.25, 0.3) is 0 Å². The molecule has 4 nitrogen and oxygen atoms in total. The molecule has 19 heavy (non-hydrogen) atoms. The van der Waals surface area contributed by atoms with Gasteiger partial charge in [-0.3, -0.25) is 4.79 Å². The van der Waals surface area contributed by atoms with Crippen LogP contribution in [0.5, 0.6) is 0 Å². The van der Waals surface area contributed by atoms with Crippen molar-refractivity contribution in [2.75, 3.05) is 13.1 Å². The third-order valence-electron chi connectivity index (χ3n) is 3.25. The SMILES string of the molecule is C#CCNCC1CCC(c2cccc(C(N)=O)c2)O1. The van der Waals surface area contributed by atoms with Crippen LogP contribution < -0.4 is 11.1 Å². The van der Waals surface area contributed by atoms with E-state index in [9.17, 15) is 4.79 Å². The van der Waals surface area contributed by atoms with E-state index in [1.54, 1.807) is 6.07 Å². The Morgan fingerprint density at radius 1 is 1.53 bits per heavy atom. The number of hydrogen-bond acceptors (Lipinski definition) is 3. The van der Waals surface area contributed by atoms with Crippen LogP contribution in [0.4, 0.5) is 0 Å². The molecule has 4 heteroatoms. The third kappa shape index (κ3) is 3.57. The number of carbonyl (C=O) groups excluding carboxylic acids is 1. The number of primary amides is 1. The average Bonchev–Trinajstić information content (AvgIpc) is 2.88. The molecule has 0 bridgehead atoms. The van der Waals surface area contributed by atoms with Crippen molar-refractivity contribution < 1.29 is 9.53 Å². The van der Waals surface area contributed by atoms with E-state index >= 15 is 0 Å². The fourth-order valence-electron chi connectivity index (χ4n) is 2.30. The van der Waals surface area contributed by atoms with Crippen LogP contribution in [0.15, 0.2) is 24.3 Å². The normalized spacial score (nSPS) is 22.1. The highest BCUT2D eigenvalue weighted by Gasteiger charge is 2.26. The van der Waals surface area contributed by atoms with Crippen molar-refractivity contribution in [3.05, 3.63) is 35.4 Å². The number of terminal acetylenes is 1. The first-order valence-electron chi connectivity index (χ1n) is 6.40. The van der Waals surface area contributed by atoms with Gasteiger partial charge in [0.1, 0.15) is 0 Å². The molecule has 1 saturated heterocycles. The van der Waals surface area contributed by atoms with Gasteiger partial charge in [-0.2, -0.15) is 0 Å². The van der Waals surface area contributed by atoms with Crippen molar-refractivity contribution >= 4 is 5.91 Å². The number of amides is 1. The molecule has 2 rings (SSSR count). The first-order chi connectivity index (χ1) is 9.20. The molecular weight excluding hydrogens is 240 g/mol. The third-order valence-corrected chi connectivity index (χ3v) is 3.25. The van der Waals surface area contributed by atoms with Gasteiger partial charge in [0.05, 0.1) is 18.8 Å². The Morgan fingerprint density at radius 3 is 3.11 bits per heavy atom. The van der Waals surface area contributed by atoms with Crippen molar-refractivity contribution in [1.82, 2.24) is 5.32 Å². The van der Waals surface area contributed by atoms with Gasteiger partial charge in [0.2, 0.25) is 5.91 Å². The van der Waals surface area contributed by atoms with E-state index in [4.69, 9.17) is 16.9 Å². The summed E-state index contributed by atoms with van der Waals surface area (Å²) in [5.74, 6) is 2.13. The fourth-order valence-corrected chi connectivity index (χ4v) is 2.30. The van der Waals surface area contributed by atoms with Crippen LogP contribution in [-0.4, -0.2) is 25.1 Å². The zero-order chi connectivity index (χ0) is 13.7. The minimum atomic E-state index is -0.410. The lowest BCUT2D eigenvalue weighted by molar-refractivity contribution is 0.0455. The Hall–Kier alpha value is -1.83. The molecule has 1 aliphatic heterocycles. The summed E-state index contributed by atoms with van der Waals surface area (Å²) in [6, 6.07) is 7.33. The topological polar surface area (TPSA) is 64.3 Å². The summed E-state index contributed by atoms with van der Waals surface area (Å²) in [5.41, 5.74) is 6.81. The van der Waals surface area contributed by atoms with Gasteiger partial charge in [-0.15, -0.1) is 6.42 Å². The summed E-state index contributed by atoms with van der Waals surface area (Å²) in [6.45, 7) is 1.32. The van der Waals surface area contributed by atoms with E-state index in [1.807, 2.05) is 18.2 Å². The number of nitrogens with one attached hydrogen (secondary N) is 1. The summed E-state index contributed by atoms with van der Waals surface area (Å²) in [4.78, 5) is 11.2. The maximum Gasteiger partial charge on any atom is 0.248 e. The predicted molar refractivity (Wildman–Crippen MR) is 73.5 cm³/mol. The summed E-state index contributed by atoms with van der Waals surface area (Å²) in [5, 5.41) is 3.14. The molecule has 2 atom stereocenters. The van der Waals surface area contributed by atoms with Gasteiger partial charge in [-0.05, 0) is 30.5 Å². The van der Waals surface area contributed by atoms with E-state index in [0.29, 0.717) is 12.1 Å². The summed E-state index contributed by atoms with van der Waals surface area (Å²) in [6.07, 6.45) is 7.33. The highest BCUT2D eigenvalue weighted by atomic mass is 16.5. The van der Waals surface area contributed by atoms with E-state index < -0.39 is 5.91 Å². The number of rotatable bonds is 5. The molecule has 1 amide bonds. The average molecular weight is 258 g/mol. The zero-order valence-electron chi connectivity index (χ0n) is 10.8. The van der Waals surface area contributed by atoms with E-state index in [2.05, 4.69) is 11.2 Å². The van der Waals surface area contributed by atoms with Crippen LogP contribution >= 0.6 is 0 Å². The summed E-state index contributed by atoms with van der Waals surface area (Å²) in [7, 11) is 0. The lowest BCUT2D eigenvalue weighted by atomic mass is 10.0. The predicted octanol–water partition coefficient (Wildman–Crippen LogP) is 1.23. The molecule has 0 aliphatic carbocycles. The highest BCUT2D eigenvalue weighted by Crippen LogP contribution is 2.32. The van der Waals surface area contributed by atoms with Crippen LogP contribution in [0.1, 0.15) is 34.9 Å². The number of ether oxygens (including phenoxy) is 1. The number of nitrogens with two attached hydrogens (primary N) is 1. The van der Waals surface area contributed by atoms with Crippen molar-refractivity contribution in [2.45, 2.75) is 25.0 Å². The fraction of sp³-hybridized carbons (Fsp3) is 0.400. The summed E-state index contributed by atoms with van der Waals surface area (Å²) >= 11 is 0. The molecule has 100 valence electrons. The van der Waals surface area contributed by atoms with Crippen molar-refractivity contribution in [3.8, 4) is 12.3 Å². The van der Waals surface area contributed by atoms with E-state index in [0.717, 1.165) is 24.9 Å². The maximum absolute atomic E-state index is 11.2. The second-order valence-corrected chi connectivity index (χ2v) is 4.65. The molecule has 1 aliphatic rings. The standard InChI is InChI=1S/C15H18N2O2/c1-2-8-17-10-13-6-7-14(19-13)11-4-3-5-12(9-11)15(16)18/h1,3-5,9,13-14,17H,6-8,10H2,(H2,16,18). The molecule has 1 fully saturated rings. The zero-order valence-corrected chi connectivity index (χ0v) is 10.8. The lowest BCUT2D eigenvalue weighted by Gasteiger charge is -2.14. The monoisotopic (exact) mass is 258 g/mol. The van der Waals surface area contributed by atoms with Crippen LogP contribution in [0.25, 0.3) is 0 Å². The molecule has 2 unspecified atom stereocenters. The molecular formula is C15H18N2O2. The second kappa shape index (κ2) is 6.37. The largest absolute Gasteiger partial charge is 0.369 e. The number of hydrogen-bond donors (Lipinski definition) is 2. The molecule has 0 spiro atoms. The van der Waals surface area contributed by atoms with Crippen LogP contribution in [0.3, 0.4) is 0 Å². The Bertz CT molecular complexity index is 493. The number of carbonyl (C=O) groups is 1. The smallest absolute Gasteiger partial charge is 0.248 e. The van der Waals surface area contributed by atoms with Crippen molar-refractivity contribution in [1.29, 1.82) is 0 Å². The Labute approximate surface area is 113 Å². The molecule has 1 heterocycles. The number of benzene rings is 1. The molecule has 0 aromatic heterocycles. The Morgan fingerprint density at radius 2 is 2.37 bits per heavy atom. The maximum atomic E-state index is 11.2.